The van der Waals surface area contributed by atoms with Crippen LogP contribution in [0.2, 0.25) is 0 Å². The Bertz CT molecular complexity index is 1000. The van der Waals surface area contributed by atoms with E-state index in [1.807, 2.05) is 12.1 Å². The summed E-state index contributed by atoms with van der Waals surface area (Å²) in [6.45, 7) is 2.68. The molecule has 0 spiro atoms. The fraction of sp³-hybridized carbons (Fsp3) is 0.458. The van der Waals surface area contributed by atoms with Gasteiger partial charge in [-0.25, -0.2) is 8.42 Å². The van der Waals surface area contributed by atoms with Crippen molar-refractivity contribution in [3.8, 4) is 0 Å². The zero-order valence-corrected chi connectivity index (χ0v) is 21.7. The van der Waals surface area contributed by atoms with Crippen LogP contribution in [0.4, 0.5) is 0 Å². The minimum Gasteiger partial charge on any atom is -0.356 e. The van der Waals surface area contributed by atoms with Gasteiger partial charge in [0, 0.05) is 38.6 Å². The van der Waals surface area contributed by atoms with E-state index in [-0.39, 0.29) is 29.4 Å². The molecule has 2 fully saturated rings. The Morgan fingerprint density at radius 1 is 0.969 bits per heavy atom. The Hall–Kier alpha value is -1.65. The first-order valence-electron chi connectivity index (χ1n) is 11.1. The van der Waals surface area contributed by atoms with Crippen molar-refractivity contribution < 1.29 is 8.42 Å². The van der Waals surface area contributed by atoms with Crippen molar-refractivity contribution in [2.24, 2.45) is 4.99 Å². The van der Waals surface area contributed by atoms with Crippen molar-refractivity contribution in [2.45, 2.75) is 49.0 Å². The number of nitrogens with one attached hydrogen (secondary N) is 2. The Morgan fingerprint density at radius 3 is 2.22 bits per heavy atom. The molecule has 0 atom stereocenters. The summed E-state index contributed by atoms with van der Waals surface area (Å²) < 4.78 is 27.2. The Kier molecular flexibility index (Phi) is 8.57. The highest BCUT2D eigenvalue weighted by molar-refractivity contribution is 14.0. The Labute approximate surface area is 209 Å². The fourth-order valence-electron chi connectivity index (χ4n) is 4.20. The van der Waals surface area contributed by atoms with Gasteiger partial charge in [-0.3, -0.25) is 4.99 Å². The number of hydrogen-bond acceptors (Lipinski definition) is 3. The van der Waals surface area contributed by atoms with Crippen LogP contribution in [0, 0.1) is 0 Å². The molecule has 1 aliphatic carbocycles. The highest BCUT2D eigenvalue weighted by Gasteiger charge is 2.44. The number of sulfonamides is 1. The number of rotatable bonds is 7. The van der Waals surface area contributed by atoms with Gasteiger partial charge in [-0.05, 0) is 48.9 Å². The van der Waals surface area contributed by atoms with Gasteiger partial charge in [-0.1, -0.05) is 48.9 Å². The molecule has 32 heavy (non-hydrogen) atoms. The topological polar surface area (TPSA) is 73.8 Å². The second kappa shape index (κ2) is 11.0. The molecule has 0 bridgehead atoms. The van der Waals surface area contributed by atoms with E-state index < -0.39 is 10.0 Å². The lowest BCUT2D eigenvalue weighted by Crippen LogP contribution is -2.40. The minimum absolute atomic E-state index is 0. The predicted octanol–water partition coefficient (Wildman–Crippen LogP) is 3.88. The Morgan fingerprint density at radius 2 is 1.62 bits per heavy atom. The molecule has 2 aliphatic rings. The molecule has 2 aromatic carbocycles. The van der Waals surface area contributed by atoms with Gasteiger partial charge in [0.15, 0.2) is 5.96 Å². The van der Waals surface area contributed by atoms with Crippen LogP contribution in [0.25, 0.3) is 0 Å². The first-order chi connectivity index (χ1) is 15.0. The summed E-state index contributed by atoms with van der Waals surface area (Å²) in [5.41, 5.74) is 2.61. The van der Waals surface area contributed by atoms with Crippen molar-refractivity contribution in [1.82, 2.24) is 14.9 Å². The van der Waals surface area contributed by atoms with Gasteiger partial charge in [-0.2, -0.15) is 4.31 Å². The van der Waals surface area contributed by atoms with Crippen molar-refractivity contribution in [3.63, 3.8) is 0 Å². The van der Waals surface area contributed by atoms with Gasteiger partial charge < -0.3 is 10.6 Å². The van der Waals surface area contributed by atoms with E-state index in [1.54, 1.807) is 23.5 Å². The van der Waals surface area contributed by atoms with Crippen LogP contribution in [0.1, 0.15) is 43.2 Å². The van der Waals surface area contributed by atoms with Crippen molar-refractivity contribution in [2.75, 3.05) is 26.7 Å². The molecule has 4 rings (SSSR count). The summed E-state index contributed by atoms with van der Waals surface area (Å²) in [7, 11) is -1.61. The van der Waals surface area contributed by atoms with E-state index >= 15 is 0 Å². The van der Waals surface area contributed by atoms with E-state index in [0.29, 0.717) is 24.5 Å². The number of guanidine groups is 1. The van der Waals surface area contributed by atoms with Crippen LogP contribution in [0.3, 0.4) is 0 Å². The first kappa shape index (κ1) is 25.0. The lowest BCUT2D eigenvalue weighted by Gasteiger charge is -2.25. The quantitative estimate of drug-likeness (QED) is 0.302. The second-order valence-electron chi connectivity index (χ2n) is 8.53. The monoisotopic (exact) mass is 568 g/mol. The number of hydrogen-bond donors (Lipinski definition) is 2. The largest absolute Gasteiger partial charge is 0.356 e. The number of nitrogens with zero attached hydrogens (tertiary/aromatic N) is 2. The Balaban J connectivity index is 0.00000289. The molecule has 0 unspecified atom stereocenters. The van der Waals surface area contributed by atoms with Crippen molar-refractivity contribution in [1.29, 1.82) is 0 Å². The third kappa shape index (κ3) is 5.82. The molecule has 0 amide bonds. The van der Waals surface area contributed by atoms with Gasteiger partial charge in [-0.15, -0.1) is 24.0 Å². The number of halogens is 1. The first-order valence-corrected chi connectivity index (χ1v) is 12.6. The zero-order valence-electron chi connectivity index (χ0n) is 18.6. The van der Waals surface area contributed by atoms with Crippen LogP contribution in [-0.4, -0.2) is 45.4 Å². The smallest absolute Gasteiger partial charge is 0.243 e. The third-order valence-corrected chi connectivity index (χ3v) is 8.31. The lowest BCUT2D eigenvalue weighted by molar-refractivity contribution is 0.346. The van der Waals surface area contributed by atoms with Crippen LogP contribution < -0.4 is 10.6 Å². The molecular formula is C24H33IN4O2S. The molecule has 2 N–H and O–H groups in total. The molecule has 1 aliphatic heterocycles. The normalized spacial score (nSPS) is 18.5. The molecular weight excluding hydrogens is 535 g/mol. The maximum Gasteiger partial charge on any atom is 0.243 e. The van der Waals surface area contributed by atoms with Crippen LogP contribution in [0.15, 0.2) is 64.5 Å². The highest BCUT2D eigenvalue weighted by atomic mass is 127. The molecule has 174 valence electrons. The minimum atomic E-state index is -3.38. The molecule has 1 saturated heterocycles. The average molecular weight is 569 g/mol. The van der Waals surface area contributed by atoms with Gasteiger partial charge in [0.1, 0.15) is 0 Å². The fourth-order valence-corrected chi connectivity index (χ4v) is 5.72. The van der Waals surface area contributed by atoms with Crippen molar-refractivity contribution in [3.05, 3.63) is 65.7 Å². The van der Waals surface area contributed by atoms with E-state index in [0.717, 1.165) is 37.3 Å². The number of aliphatic imine (C=N–C) groups is 1. The molecule has 8 heteroatoms. The van der Waals surface area contributed by atoms with Gasteiger partial charge in [0.2, 0.25) is 10.0 Å². The summed E-state index contributed by atoms with van der Waals surface area (Å²) in [5, 5.41) is 6.79. The molecule has 1 saturated carbocycles. The van der Waals surface area contributed by atoms with Crippen LogP contribution in [-0.2, 0) is 22.0 Å². The SMILES string of the molecule is CN=C(NCc1ccc(S(=O)(=O)N2CCCCC2)cc1)NCC1(c2ccccc2)CC1.I. The maximum atomic E-state index is 12.8. The maximum absolute atomic E-state index is 12.8. The van der Waals surface area contributed by atoms with Gasteiger partial charge in [0.05, 0.1) is 4.90 Å². The zero-order chi connectivity index (χ0) is 21.7. The summed E-state index contributed by atoms with van der Waals surface area (Å²) >= 11 is 0. The summed E-state index contributed by atoms with van der Waals surface area (Å²) in [6, 6.07) is 17.8. The summed E-state index contributed by atoms with van der Waals surface area (Å²) in [5.74, 6) is 0.757. The molecule has 2 aromatic rings. The van der Waals surface area contributed by atoms with Crippen LogP contribution in [0.5, 0.6) is 0 Å². The van der Waals surface area contributed by atoms with E-state index in [1.165, 1.54) is 18.4 Å². The summed E-state index contributed by atoms with van der Waals surface area (Å²) in [4.78, 5) is 4.71. The van der Waals surface area contributed by atoms with Gasteiger partial charge in [0.25, 0.3) is 0 Å². The third-order valence-electron chi connectivity index (χ3n) is 6.39. The second-order valence-corrected chi connectivity index (χ2v) is 10.5. The van der Waals surface area contributed by atoms with Gasteiger partial charge >= 0.3 is 0 Å². The summed E-state index contributed by atoms with van der Waals surface area (Å²) in [6.07, 6.45) is 5.37. The highest BCUT2D eigenvalue weighted by Crippen LogP contribution is 2.47. The van der Waals surface area contributed by atoms with E-state index in [2.05, 4.69) is 46.0 Å². The standard InChI is InChI=1S/C24H32N4O2S.HI/c1-25-23(27-19-24(14-15-24)21-8-4-2-5-9-21)26-18-20-10-12-22(13-11-20)31(29,30)28-16-6-3-7-17-28;/h2,4-5,8-13H,3,6-7,14-19H2,1H3,(H2,25,26,27);1H. The van der Waals surface area contributed by atoms with E-state index in [9.17, 15) is 8.42 Å². The number of benzene rings is 2. The average Bonchev–Trinajstić information content (AvgIpc) is 3.62. The van der Waals surface area contributed by atoms with E-state index in [4.69, 9.17) is 0 Å². The lowest BCUT2D eigenvalue weighted by atomic mass is 9.96. The molecule has 1 heterocycles. The molecule has 0 aromatic heterocycles. The van der Waals surface area contributed by atoms with Crippen LogP contribution >= 0.6 is 24.0 Å². The number of piperidine rings is 1. The predicted molar refractivity (Wildman–Crippen MR) is 140 cm³/mol. The molecule has 0 radical (unpaired) electrons. The molecule has 6 nitrogen and oxygen atoms in total. The van der Waals surface area contributed by atoms with Crippen molar-refractivity contribution >= 4 is 40.0 Å².